The molecule has 0 heterocycles. The summed E-state index contributed by atoms with van der Waals surface area (Å²) in [6.07, 6.45) is 19.9. The monoisotopic (exact) mass is 568 g/mol. The zero-order valence-electron chi connectivity index (χ0n) is 20.5. The van der Waals surface area contributed by atoms with Gasteiger partial charge in [0.2, 0.25) is 0 Å². The third-order valence-corrected chi connectivity index (χ3v) is 3.33. The van der Waals surface area contributed by atoms with Crippen molar-refractivity contribution in [2.75, 3.05) is 0 Å². The molecule has 230 valence electrons. The van der Waals surface area contributed by atoms with E-state index >= 15 is 0 Å². The Morgan fingerprint density at radius 1 is 0.622 bits per heavy atom. The molecule has 0 radical (unpaired) electrons. The lowest BCUT2D eigenvalue weighted by molar-refractivity contribution is -0.749. The molecule has 1 atom stereocenters. The molecular weight excluding hydrogens is 528 g/mol. The topological polar surface area (TPSA) is 320 Å². The van der Waals surface area contributed by atoms with Crippen LogP contribution in [0.4, 0.5) is 0 Å². The molecule has 21 nitrogen and oxygen atoms in total. The average Bonchev–Trinajstić information content (AvgIpc) is 2.91. The molecule has 1 unspecified atom stereocenters. The van der Waals surface area contributed by atoms with Crippen molar-refractivity contribution in [3.05, 3.63) is 34.2 Å². The second-order valence-corrected chi connectivity index (χ2v) is 5.40. The lowest BCUT2D eigenvalue weighted by atomic mass is 9.92. The standard InChI is InChI=1S/C16H30.H2O6.H2O5.H2O4.H2O3.O2.H2O/c1-4-7-10-12-15-16(13-9-6-3)14-11-8-5-2;1-3-5-6-4-2;1-3-5-4-2;1-3-4-2;1-3-2;1-2;/h5-6,8-9,16H,4,7,10-15H2,1-3H3;1-2H;1-2H;1-2H;1-2H;;1H2/b8-5+,9-6+;;;;;;. The van der Waals surface area contributed by atoms with Crippen LogP contribution in [0.2, 0.25) is 0 Å². The van der Waals surface area contributed by atoms with Gasteiger partial charge in [0.15, 0.2) is 0 Å². The van der Waals surface area contributed by atoms with E-state index in [0.29, 0.717) is 0 Å². The summed E-state index contributed by atoms with van der Waals surface area (Å²) in [6.45, 7) is 6.52. The Kier molecular flexibility index (Phi) is 98.2. The molecule has 0 fully saturated rings. The van der Waals surface area contributed by atoms with E-state index < -0.39 is 0 Å². The molecular formula is C16H40O21. The van der Waals surface area contributed by atoms with Crippen molar-refractivity contribution >= 4 is 0 Å². The molecule has 21 heteroatoms. The van der Waals surface area contributed by atoms with E-state index in [2.05, 4.69) is 95.5 Å². The second-order valence-electron chi connectivity index (χ2n) is 5.40. The normalized spacial score (nSPS) is 10.0. The van der Waals surface area contributed by atoms with Crippen LogP contribution in [0.1, 0.15) is 72.1 Å². The van der Waals surface area contributed by atoms with Crippen LogP contribution >= 0.6 is 0 Å². The Labute approximate surface area is 211 Å². The van der Waals surface area contributed by atoms with E-state index in [4.69, 9.17) is 52.0 Å². The van der Waals surface area contributed by atoms with Gasteiger partial charge in [0.25, 0.3) is 0 Å². The van der Waals surface area contributed by atoms with Gasteiger partial charge < -0.3 is 5.48 Å². The molecule has 10 N–H and O–H groups in total. The minimum Gasteiger partial charge on any atom is -0.412 e. The fraction of sp³-hybridized carbons (Fsp3) is 0.750. The molecule has 0 amide bonds. The first-order valence-corrected chi connectivity index (χ1v) is 9.70. The summed E-state index contributed by atoms with van der Waals surface area (Å²) < 4.78 is 0. The highest BCUT2D eigenvalue weighted by Gasteiger charge is 2.05. The van der Waals surface area contributed by atoms with E-state index in [1.54, 1.807) is 0 Å². The Balaban J connectivity index is -0.0000000707. The van der Waals surface area contributed by atoms with Gasteiger partial charge >= 0.3 is 0 Å². The van der Waals surface area contributed by atoms with Crippen molar-refractivity contribution in [2.24, 2.45) is 5.92 Å². The zero-order chi connectivity index (χ0) is 29.1. The van der Waals surface area contributed by atoms with E-state index in [-0.39, 0.29) is 5.48 Å². The van der Waals surface area contributed by atoms with E-state index in [1.807, 2.05) is 0 Å². The van der Waals surface area contributed by atoms with Gasteiger partial charge in [0, 0.05) is 9.93 Å². The highest BCUT2D eigenvalue weighted by Crippen LogP contribution is 2.20. The highest BCUT2D eigenvalue weighted by molar-refractivity contribution is 4.83. The van der Waals surface area contributed by atoms with Crippen LogP contribution in [0.25, 0.3) is 0 Å². The zero-order valence-corrected chi connectivity index (χ0v) is 20.5. The van der Waals surface area contributed by atoms with Crippen molar-refractivity contribution < 1.29 is 97.9 Å². The maximum Gasteiger partial charge on any atom is 0 e. The molecule has 0 spiro atoms. The minimum atomic E-state index is 0. The summed E-state index contributed by atoms with van der Waals surface area (Å²) in [5, 5.41) is 83.0. The molecule has 0 aliphatic rings. The van der Waals surface area contributed by atoms with Gasteiger partial charge in [-0.05, 0) is 84.4 Å². The quantitative estimate of drug-likeness (QED) is 0.0548. The first-order valence-electron chi connectivity index (χ1n) is 9.70. The van der Waals surface area contributed by atoms with E-state index in [1.165, 1.54) is 51.4 Å². The van der Waals surface area contributed by atoms with Crippen molar-refractivity contribution in [3.63, 3.8) is 0 Å². The average molecular weight is 568 g/mol. The van der Waals surface area contributed by atoms with Crippen molar-refractivity contribution in [3.8, 4) is 0 Å². The lowest BCUT2D eigenvalue weighted by Crippen LogP contribution is -1.99. The van der Waals surface area contributed by atoms with Gasteiger partial charge in [-0.2, -0.15) is 0 Å². The number of hydrogen-bond acceptors (Lipinski definition) is 20. The molecule has 0 rings (SSSR count). The minimum absolute atomic E-state index is 0. The Morgan fingerprint density at radius 2 is 1.05 bits per heavy atom. The van der Waals surface area contributed by atoms with Crippen LogP contribution in [0.5, 0.6) is 0 Å². The fourth-order valence-electron chi connectivity index (χ4n) is 2.11. The maximum atomic E-state index is 7.16. The van der Waals surface area contributed by atoms with Gasteiger partial charge in [-0.25, -0.2) is 42.1 Å². The Morgan fingerprint density at radius 3 is 1.35 bits per heavy atom. The molecule has 0 saturated carbocycles. The smallest absolute Gasteiger partial charge is 0 e. The van der Waals surface area contributed by atoms with Crippen LogP contribution in [0.15, 0.2) is 24.3 Å². The maximum absolute atomic E-state index is 7.16. The predicted molar refractivity (Wildman–Crippen MR) is 118 cm³/mol. The third-order valence-electron chi connectivity index (χ3n) is 3.33. The van der Waals surface area contributed by atoms with Crippen LogP contribution < -0.4 is 0 Å². The number of hydrogen-bond donors (Lipinski definition) is 8. The SMILES string of the molecule is C/C=C/CCC(C/C=C/C)CCCCCC.O.O=O.OOO.OOOO.OOOOO.OOOOOO. The molecule has 37 heavy (non-hydrogen) atoms. The summed E-state index contributed by atoms with van der Waals surface area (Å²) in [7, 11) is 0. The third kappa shape index (κ3) is 96.0. The van der Waals surface area contributed by atoms with E-state index in [0.717, 1.165) is 5.92 Å². The molecule has 0 aliphatic heterocycles. The van der Waals surface area contributed by atoms with Crippen molar-refractivity contribution in [1.82, 2.24) is 0 Å². The molecule has 0 aliphatic carbocycles. The highest BCUT2D eigenvalue weighted by atomic mass is 17.8. The summed E-state index contributed by atoms with van der Waals surface area (Å²) in [5.74, 6) is 0.907. The molecule has 0 aromatic rings. The van der Waals surface area contributed by atoms with Gasteiger partial charge in [0.1, 0.15) is 0 Å². The van der Waals surface area contributed by atoms with Crippen LogP contribution in [-0.2, 0) is 50.4 Å². The van der Waals surface area contributed by atoms with Gasteiger partial charge in [0.05, 0.1) is 0 Å². The van der Waals surface area contributed by atoms with Crippen molar-refractivity contribution in [1.29, 1.82) is 0 Å². The van der Waals surface area contributed by atoms with Crippen molar-refractivity contribution in [2.45, 2.75) is 72.1 Å². The molecule has 0 saturated heterocycles. The number of unbranched alkanes of at least 4 members (excludes halogenated alkanes) is 3. The fourth-order valence-corrected chi connectivity index (χ4v) is 2.11. The molecule has 0 aromatic carbocycles. The van der Waals surface area contributed by atoms with Crippen LogP contribution in [-0.4, -0.2) is 47.5 Å². The van der Waals surface area contributed by atoms with Crippen LogP contribution in [0.3, 0.4) is 0 Å². The first kappa shape index (κ1) is 51.9. The van der Waals surface area contributed by atoms with Gasteiger partial charge in [-0.3, -0.25) is 0 Å². The van der Waals surface area contributed by atoms with Gasteiger partial charge in [-0.15, -0.1) is 0 Å². The summed E-state index contributed by atoms with van der Waals surface area (Å²) in [5.41, 5.74) is 0. The Hall–Kier alpha value is -1.68. The van der Waals surface area contributed by atoms with Gasteiger partial charge in [-0.1, -0.05) is 68.4 Å². The largest absolute Gasteiger partial charge is 0.412 e. The number of allylic oxidation sites excluding steroid dienone is 4. The summed E-state index contributed by atoms with van der Waals surface area (Å²) in [6, 6.07) is 0. The Bertz CT molecular complexity index is 341. The summed E-state index contributed by atoms with van der Waals surface area (Å²) in [4.78, 5) is 14.0. The predicted octanol–water partition coefficient (Wildman–Crippen LogP) is 4.52. The summed E-state index contributed by atoms with van der Waals surface area (Å²) >= 11 is 0. The first-order chi connectivity index (χ1) is 17.5. The molecule has 0 bridgehead atoms. The molecule has 0 aromatic heterocycles. The second kappa shape index (κ2) is 70.1. The van der Waals surface area contributed by atoms with Crippen LogP contribution in [0, 0.1) is 15.8 Å². The lowest BCUT2D eigenvalue weighted by Gasteiger charge is -2.13. The van der Waals surface area contributed by atoms with E-state index in [9.17, 15) is 0 Å². The number of rotatable bonds is 16.